The summed E-state index contributed by atoms with van der Waals surface area (Å²) in [5, 5.41) is 0. The first-order valence-corrected chi connectivity index (χ1v) is 7.92. The van der Waals surface area contributed by atoms with Crippen molar-refractivity contribution in [2.24, 2.45) is 0 Å². The lowest BCUT2D eigenvalue weighted by Gasteiger charge is -2.05. The molecule has 0 saturated heterocycles. The third-order valence-electron chi connectivity index (χ3n) is 3.21. The summed E-state index contributed by atoms with van der Waals surface area (Å²) < 4.78 is 26.6. The molecule has 0 aliphatic heterocycles. The third-order valence-corrected chi connectivity index (χ3v) is 4.88. The molecule has 3 aromatic rings. The Hall–Kier alpha value is -2.14. The number of nitrogens with zero attached hydrogens (tertiary/aromatic N) is 2. The summed E-state index contributed by atoms with van der Waals surface area (Å²) >= 11 is 0. The topological polar surface area (TPSA) is 51.4 Å². The van der Waals surface area contributed by atoms with Crippen LogP contribution >= 0.6 is 0 Å². The first kappa shape index (κ1) is 12.9. The van der Waals surface area contributed by atoms with Gasteiger partial charge in [-0.1, -0.05) is 23.8 Å². The van der Waals surface area contributed by atoms with Crippen molar-refractivity contribution >= 4 is 15.5 Å². The fraction of sp³-hybridized carbons (Fsp3) is 0.133. The average molecular weight is 286 g/mol. The summed E-state index contributed by atoms with van der Waals surface area (Å²) in [5.41, 5.74) is 2.46. The van der Waals surface area contributed by atoms with Gasteiger partial charge in [0.25, 0.3) is 0 Å². The van der Waals surface area contributed by atoms with Crippen LogP contribution < -0.4 is 0 Å². The van der Waals surface area contributed by atoms with E-state index in [9.17, 15) is 8.42 Å². The Morgan fingerprint density at radius 1 is 1.10 bits per heavy atom. The molecule has 20 heavy (non-hydrogen) atoms. The number of hydrogen-bond donors (Lipinski definition) is 0. The predicted molar refractivity (Wildman–Crippen MR) is 77.3 cm³/mol. The molecule has 0 unspecified atom stereocenters. The summed E-state index contributed by atoms with van der Waals surface area (Å²) in [7, 11) is -3.35. The molecule has 102 valence electrons. The largest absolute Gasteiger partial charge is 0.303 e. The SMILES string of the molecule is Cc1ccc(S(=O)(=O)Cc2cnc3ccccn23)cc1. The molecule has 1 aromatic carbocycles. The molecule has 4 nitrogen and oxygen atoms in total. The van der Waals surface area contributed by atoms with E-state index in [1.54, 1.807) is 34.9 Å². The first-order chi connectivity index (χ1) is 9.56. The van der Waals surface area contributed by atoms with Crippen LogP contribution in [0.5, 0.6) is 0 Å². The van der Waals surface area contributed by atoms with Crippen LogP contribution in [0, 0.1) is 6.92 Å². The van der Waals surface area contributed by atoms with E-state index in [1.807, 2.05) is 31.3 Å². The average Bonchev–Trinajstić information content (AvgIpc) is 2.82. The van der Waals surface area contributed by atoms with Crippen molar-refractivity contribution < 1.29 is 8.42 Å². The molecule has 0 atom stereocenters. The number of hydrogen-bond acceptors (Lipinski definition) is 3. The lowest BCUT2D eigenvalue weighted by atomic mass is 10.2. The van der Waals surface area contributed by atoms with Crippen molar-refractivity contribution in [3.05, 3.63) is 66.1 Å². The smallest absolute Gasteiger partial charge is 0.184 e. The molecule has 0 saturated carbocycles. The molecule has 0 amide bonds. The number of rotatable bonds is 3. The predicted octanol–water partition coefficient (Wildman–Crippen LogP) is 2.62. The van der Waals surface area contributed by atoms with E-state index >= 15 is 0 Å². The van der Waals surface area contributed by atoms with Crippen molar-refractivity contribution in [3.63, 3.8) is 0 Å². The van der Waals surface area contributed by atoms with Crippen LogP contribution in [0.4, 0.5) is 0 Å². The van der Waals surface area contributed by atoms with Gasteiger partial charge in [0.05, 0.1) is 22.5 Å². The Morgan fingerprint density at radius 2 is 1.85 bits per heavy atom. The zero-order valence-corrected chi connectivity index (χ0v) is 11.8. The molecular formula is C15H14N2O2S. The Labute approximate surface area is 117 Å². The highest BCUT2D eigenvalue weighted by atomic mass is 32.2. The van der Waals surface area contributed by atoms with Gasteiger partial charge in [-0.2, -0.15) is 0 Å². The van der Waals surface area contributed by atoms with Crippen LogP contribution in [-0.2, 0) is 15.6 Å². The van der Waals surface area contributed by atoms with E-state index in [2.05, 4.69) is 4.98 Å². The van der Waals surface area contributed by atoms with Gasteiger partial charge < -0.3 is 4.40 Å². The number of imidazole rings is 1. The maximum absolute atomic E-state index is 12.4. The number of pyridine rings is 1. The summed E-state index contributed by atoms with van der Waals surface area (Å²) in [6.45, 7) is 1.93. The van der Waals surface area contributed by atoms with Crippen molar-refractivity contribution in [2.45, 2.75) is 17.6 Å². The molecule has 2 aromatic heterocycles. The standard InChI is InChI=1S/C15H14N2O2S/c1-12-5-7-14(8-6-12)20(18,19)11-13-10-16-15-4-2-3-9-17(13)15/h2-10H,11H2,1H3. The normalized spacial score (nSPS) is 11.8. The zero-order chi connectivity index (χ0) is 14.2. The fourth-order valence-electron chi connectivity index (χ4n) is 2.12. The second-order valence-corrected chi connectivity index (χ2v) is 6.74. The monoisotopic (exact) mass is 286 g/mol. The second kappa shape index (κ2) is 4.76. The molecule has 3 rings (SSSR count). The maximum Gasteiger partial charge on any atom is 0.184 e. The lowest BCUT2D eigenvalue weighted by molar-refractivity contribution is 0.594. The van der Waals surface area contributed by atoms with Gasteiger partial charge in [0, 0.05) is 6.20 Å². The van der Waals surface area contributed by atoms with Crippen LogP contribution in [-0.4, -0.2) is 17.8 Å². The molecule has 5 heteroatoms. The molecule has 0 bridgehead atoms. The summed E-state index contributed by atoms with van der Waals surface area (Å²) in [6.07, 6.45) is 3.43. The summed E-state index contributed by atoms with van der Waals surface area (Å²) in [4.78, 5) is 4.55. The van der Waals surface area contributed by atoms with Gasteiger partial charge >= 0.3 is 0 Å². The number of fused-ring (bicyclic) bond motifs is 1. The van der Waals surface area contributed by atoms with Gasteiger partial charge in [-0.3, -0.25) is 0 Å². The maximum atomic E-state index is 12.4. The van der Waals surface area contributed by atoms with Crippen molar-refractivity contribution in [3.8, 4) is 0 Å². The van der Waals surface area contributed by atoms with Crippen LogP contribution in [0.15, 0.2) is 59.8 Å². The van der Waals surface area contributed by atoms with Gasteiger partial charge in [0.1, 0.15) is 5.65 Å². The number of benzene rings is 1. The van der Waals surface area contributed by atoms with E-state index in [-0.39, 0.29) is 5.75 Å². The van der Waals surface area contributed by atoms with Crippen LogP contribution in [0.3, 0.4) is 0 Å². The van der Waals surface area contributed by atoms with Crippen LogP contribution in [0.25, 0.3) is 5.65 Å². The zero-order valence-electron chi connectivity index (χ0n) is 11.0. The fourth-order valence-corrected chi connectivity index (χ4v) is 3.44. The molecule has 0 spiro atoms. The highest BCUT2D eigenvalue weighted by Gasteiger charge is 2.17. The van der Waals surface area contributed by atoms with Crippen LogP contribution in [0.1, 0.15) is 11.3 Å². The van der Waals surface area contributed by atoms with E-state index in [0.29, 0.717) is 10.6 Å². The molecule has 0 aliphatic carbocycles. The van der Waals surface area contributed by atoms with Crippen molar-refractivity contribution in [2.75, 3.05) is 0 Å². The van der Waals surface area contributed by atoms with Crippen molar-refractivity contribution in [1.82, 2.24) is 9.38 Å². The Morgan fingerprint density at radius 3 is 2.60 bits per heavy atom. The molecule has 0 N–H and O–H groups in total. The minimum atomic E-state index is -3.35. The van der Waals surface area contributed by atoms with Gasteiger partial charge in [0.15, 0.2) is 9.84 Å². The van der Waals surface area contributed by atoms with E-state index < -0.39 is 9.84 Å². The summed E-state index contributed by atoms with van der Waals surface area (Å²) in [6, 6.07) is 12.5. The number of sulfone groups is 1. The summed E-state index contributed by atoms with van der Waals surface area (Å²) in [5.74, 6) is -0.0543. The third kappa shape index (κ3) is 2.32. The molecule has 0 fully saturated rings. The Kier molecular flexibility index (Phi) is 3.06. The molecule has 0 radical (unpaired) electrons. The number of aryl methyl sites for hydroxylation is 1. The van der Waals surface area contributed by atoms with E-state index in [1.165, 1.54) is 0 Å². The van der Waals surface area contributed by atoms with Gasteiger partial charge in [0.2, 0.25) is 0 Å². The van der Waals surface area contributed by atoms with Crippen molar-refractivity contribution in [1.29, 1.82) is 0 Å². The highest BCUT2D eigenvalue weighted by molar-refractivity contribution is 7.90. The lowest BCUT2D eigenvalue weighted by Crippen LogP contribution is -2.06. The van der Waals surface area contributed by atoms with Crippen LogP contribution in [0.2, 0.25) is 0 Å². The van der Waals surface area contributed by atoms with E-state index in [0.717, 1.165) is 11.2 Å². The van der Waals surface area contributed by atoms with Gasteiger partial charge in [-0.15, -0.1) is 0 Å². The highest BCUT2D eigenvalue weighted by Crippen LogP contribution is 2.17. The molecule has 2 heterocycles. The molecule has 0 aliphatic rings. The van der Waals surface area contributed by atoms with Gasteiger partial charge in [-0.25, -0.2) is 13.4 Å². The second-order valence-electron chi connectivity index (χ2n) is 4.75. The quantitative estimate of drug-likeness (QED) is 0.743. The number of aromatic nitrogens is 2. The Bertz CT molecular complexity index is 849. The minimum absolute atomic E-state index is 0.0543. The molecular weight excluding hydrogens is 272 g/mol. The Balaban J connectivity index is 1.99. The van der Waals surface area contributed by atoms with E-state index in [4.69, 9.17) is 0 Å². The van der Waals surface area contributed by atoms with Gasteiger partial charge in [-0.05, 0) is 31.2 Å². The first-order valence-electron chi connectivity index (χ1n) is 6.27. The minimum Gasteiger partial charge on any atom is -0.303 e.